The van der Waals surface area contributed by atoms with Gasteiger partial charge in [0.15, 0.2) is 0 Å². The first kappa shape index (κ1) is 7.17. The number of carbonyl (C=O) groups excluding carboxylic acids is 1. The van der Waals surface area contributed by atoms with E-state index < -0.39 is 5.91 Å². The quantitative estimate of drug-likeness (QED) is 0.512. The highest BCUT2D eigenvalue weighted by Crippen LogP contribution is 1.85. The standard InChI is InChI=1S/C5H9NO2/c1-4(3-8-2)5(6)7/h1,3H2,2H3,(H2,6,7). The fourth-order valence-electron chi connectivity index (χ4n) is 0.245. The normalized spacial score (nSPS) is 8.62. The van der Waals surface area contributed by atoms with E-state index >= 15 is 0 Å². The molecule has 0 unspecified atom stereocenters. The smallest absolute Gasteiger partial charge is 0.246 e. The molecule has 8 heavy (non-hydrogen) atoms. The van der Waals surface area contributed by atoms with E-state index in [0.29, 0.717) is 5.57 Å². The Balaban J connectivity index is 3.49. The average molecular weight is 115 g/mol. The molecule has 0 atom stereocenters. The lowest BCUT2D eigenvalue weighted by molar-refractivity contribution is -0.115. The molecule has 0 aliphatic rings. The summed E-state index contributed by atoms with van der Waals surface area (Å²) in [5.74, 6) is -0.508. The predicted molar refractivity (Wildman–Crippen MR) is 30.2 cm³/mol. The molecule has 46 valence electrons. The first-order valence-corrected chi connectivity index (χ1v) is 2.15. The molecule has 0 aromatic heterocycles. The lowest BCUT2D eigenvalue weighted by atomic mass is 10.3. The first-order valence-electron chi connectivity index (χ1n) is 2.15. The van der Waals surface area contributed by atoms with Crippen molar-refractivity contribution in [2.24, 2.45) is 5.73 Å². The molecule has 3 heteroatoms. The van der Waals surface area contributed by atoms with Crippen molar-refractivity contribution < 1.29 is 9.53 Å². The van der Waals surface area contributed by atoms with Crippen molar-refractivity contribution >= 4 is 5.91 Å². The Labute approximate surface area is 48.1 Å². The molecule has 0 aromatic carbocycles. The van der Waals surface area contributed by atoms with E-state index in [9.17, 15) is 4.79 Å². The molecule has 0 radical (unpaired) electrons. The van der Waals surface area contributed by atoms with Crippen molar-refractivity contribution in [3.05, 3.63) is 12.2 Å². The maximum absolute atomic E-state index is 10.1. The van der Waals surface area contributed by atoms with Crippen molar-refractivity contribution in [2.75, 3.05) is 13.7 Å². The molecule has 0 spiro atoms. The summed E-state index contributed by atoms with van der Waals surface area (Å²) in [6.07, 6.45) is 0. The van der Waals surface area contributed by atoms with Crippen LogP contribution in [0, 0.1) is 0 Å². The maximum atomic E-state index is 10.1. The van der Waals surface area contributed by atoms with E-state index in [4.69, 9.17) is 5.73 Å². The third kappa shape index (κ3) is 2.36. The number of hydrogen-bond donors (Lipinski definition) is 1. The van der Waals surface area contributed by atoms with Gasteiger partial charge in [0.05, 0.1) is 6.61 Å². The summed E-state index contributed by atoms with van der Waals surface area (Å²) in [7, 11) is 1.48. The van der Waals surface area contributed by atoms with Crippen LogP contribution in [0.2, 0.25) is 0 Å². The second-order valence-corrected chi connectivity index (χ2v) is 1.40. The summed E-state index contributed by atoms with van der Waals surface area (Å²) >= 11 is 0. The van der Waals surface area contributed by atoms with Crippen molar-refractivity contribution in [2.45, 2.75) is 0 Å². The van der Waals surface area contributed by atoms with Gasteiger partial charge in [0.2, 0.25) is 5.91 Å². The maximum Gasteiger partial charge on any atom is 0.246 e. The van der Waals surface area contributed by atoms with Crippen LogP contribution in [0.15, 0.2) is 12.2 Å². The number of hydrogen-bond acceptors (Lipinski definition) is 2. The van der Waals surface area contributed by atoms with E-state index in [1.165, 1.54) is 7.11 Å². The second-order valence-electron chi connectivity index (χ2n) is 1.40. The third-order valence-corrected chi connectivity index (χ3v) is 0.667. The molecule has 0 heterocycles. The van der Waals surface area contributed by atoms with E-state index in [0.717, 1.165) is 0 Å². The van der Waals surface area contributed by atoms with E-state index in [2.05, 4.69) is 11.3 Å². The molecule has 3 nitrogen and oxygen atoms in total. The van der Waals surface area contributed by atoms with Gasteiger partial charge in [-0.3, -0.25) is 4.79 Å². The van der Waals surface area contributed by atoms with Crippen LogP contribution in [0.4, 0.5) is 0 Å². The van der Waals surface area contributed by atoms with Crippen LogP contribution in [-0.2, 0) is 9.53 Å². The van der Waals surface area contributed by atoms with Gasteiger partial charge in [0.1, 0.15) is 0 Å². The van der Waals surface area contributed by atoms with Crippen LogP contribution in [0.25, 0.3) is 0 Å². The Bertz CT molecular complexity index is 109. The zero-order chi connectivity index (χ0) is 6.57. The number of primary amides is 1. The first-order chi connectivity index (χ1) is 3.68. The predicted octanol–water partition coefficient (Wildman–Crippen LogP) is -0.326. The van der Waals surface area contributed by atoms with Gasteiger partial charge in [-0.1, -0.05) is 6.58 Å². The summed E-state index contributed by atoms with van der Waals surface area (Å²) in [6.45, 7) is 3.56. The van der Waals surface area contributed by atoms with Crippen molar-refractivity contribution in [3.63, 3.8) is 0 Å². The minimum atomic E-state index is -0.508. The van der Waals surface area contributed by atoms with Gasteiger partial charge in [-0.25, -0.2) is 0 Å². The van der Waals surface area contributed by atoms with Gasteiger partial charge >= 0.3 is 0 Å². The molecule has 2 N–H and O–H groups in total. The Hall–Kier alpha value is -0.830. The van der Waals surface area contributed by atoms with Crippen molar-refractivity contribution in [3.8, 4) is 0 Å². The summed E-state index contributed by atoms with van der Waals surface area (Å²) < 4.78 is 4.56. The Morgan fingerprint density at radius 2 is 2.38 bits per heavy atom. The molecular formula is C5H9NO2. The number of amides is 1. The Kier molecular flexibility index (Phi) is 2.88. The van der Waals surface area contributed by atoms with E-state index in [1.54, 1.807) is 0 Å². The molecule has 0 fully saturated rings. The lowest BCUT2D eigenvalue weighted by Crippen LogP contribution is -2.16. The van der Waals surface area contributed by atoms with E-state index in [-0.39, 0.29) is 6.61 Å². The van der Waals surface area contributed by atoms with Gasteiger partial charge in [-0.05, 0) is 0 Å². The minimum absolute atomic E-state index is 0.218. The van der Waals surface area contributed by atoms with Crippen LogP contribution < -0.4 is 5.73 Å². The Morgan fingerprint density at radius 1 is 1.88 bits per heavy atom. The Morgan fingerprint density at radius 3 is 2.50 bits per heavy atom. The van der Waals surface area contributed by atoms with Crippen LogP contribution in [0.1, 0.15) is 0 Å². The summed E-state index contributed by atoms with van der Waals surface area (Å²) in [5.41, 5.74) is 5.10. The third-order valence-electron chi connectivity index (χ3n) is 0.667. The van der Waals surface area contributed by atoms with E-state index in [1.807, 2.05) is 0 Å². The molecule has 0 aliphatic heterocycles. The highest BCUT2D eigenvalue weighted by atomic mass is 16.5. The zero-order valence-electron chi connectivity index (χ0n) is 4.81. The number of methoxy groups -OCH3 is 1. The average Bonchev–Trinajstić information content (AvgIpc) is 1.67. The largest absolute Gasteiger partial charge is 0.380 e. The summed E-state index contributed by atoms with van der Waals surface area (Å²) in [6, 6.07) is 0. The molecular weight excluding hydrogens is 106 g/mol. The van der Waals surface area contributed by atoms with Gasteiger partial charge < -0.3 is 10.5 Å². The minimum Gasteiger partial charge on any atom is -0.380 e. The highest BCUT2D eigenvalue weighted by molar-refractivity contribution is 5.91. The fourth-order valence-corrected chi connectivity index (χ4v) is 0.245. The summed E-state index contributed by atoms with van der Waals surface area (Å²) in [5, 5.41) is 0. The lowest BCUT2D eigenvalue weighted by Gasteiger charge is -1.95. The van der Waals surface area contributed by atoms with Gasteiger partial charge in [0.25, 0.3) is 0 Å². The number of ether oxygens (including phenoxy) is 1. The monoisotopic (exact) mass is 115 g/mol. The highest BCUT2D eigenvalue weighted by Gasteiger charge is 1.97. The number of rotatable bonds is 3. The molecule has 0 saturated heterocycles. The van der Waals surface area contributed by atoms with Gasteiger partial charge in [-0.15, -0.1) is 0 Å². The van der Waals surface area contributed by atoms with Crippen LogP contribution in [-0.4, -0.2) is 19.6 Å². The van der Waals surface area contributed by atoms with Crippen LogP contribution >= 0.6 is 0 Å². The van der Waals surface area contributed by atoms with Crippen LogP contribution in [0.3, 0.4) is 0 Å². The van der Waals surface area contributed by atoms with Gasteiger partial charge in [-0.2, -0.15) is 0 Å². The van der Waals surface area contributed by atoms with Crippen molar-refractivity contribution in [1.82, 2.24) is 0 Å². The second kappa shape index (κ2) is 3.21. The molecule has 0 bridgehead atoms. The van der Waals surface area contributed by atoms with Crippen molar-refractivity contribution in [1.29, 1.82) is 0 Å². The molecule has 1 amide bonds. The van der Waals surface area contributed by atoms with Gasteiger partial charge in [0, 0.05) is 12.7 Å². The fraction of sp³-hybridized carbons (Fsp3) is 0.400. The number of nitrogens with two attached hydrogens (primary N) is 1. The SMILES string of the molecule is C=C(COC)C(N)=O. The molecule has 0 rings (SSSR count). The van der Waals surface area contributed by atoms with Crippen LogP contribution in [0.5, 0.6) is 0 Å². The number of carbonyl (C=O) groups is 1. The molecule has 0 aliphatic carbocycles. The molecule has 0 aromatic rings. The zero-order valence-corrected chi connectivity index (χ0v) is 4.81. The molecule has 0 saturated carbocycles. The summed E-state index contributed by atoms with van der Waals surface area (Å²) in [4.78, 5) is 10.1. The topological polar surface area (TPSA) is 52.3 Å².